The first-order chi connectivity index (χ1) is 10.6. The summed E-state index contributed by atoms with van der Waals surface area (Å²) in [5.74, 6) is 0.226. The summed E-state index contributed by atoms with van der Waals surface area (Å²) in [6.45, 7) is 4.30. The Bertz CT molecular complexity index is 466. The normalized spacial score (nSPS) is 19.6. The van der Waals surface area contributed by atoms with Crippen LogP contribution in [0.5, 0.6) is 0 Å². The summed E-state index contributed by atoms with van der Waals surface area (Å²) in [5.41, 5.74) is 1.14. The van der Waals surface area contributed by atoms with E-state index in [9.17, 15) is 9.90 Å². The van der Waals surface area contributed by atoms with Crippen LogP contribution in [0.1, 0.15) is 19.8 Å². The number of piperidine rings is 1. The summed E-state index contributed by atoms with van der Waals surface area (Å²) in [5, 5.41) is 12.3. The standard InChI is InChI=1S/C17H27N3O2/c1-14(19(2)16-8-4-3-5-9-16)11-18-17(22)20-10-6-7-15(12-20)13-21/h3-5,8-9,14-15,21H,6-7,10-13H2,1-2H3,(H,18,22). The molecule has 1 aromatic rings. The van der Waals surface area contributed by atoms with Gasteiger partial charge in [0.1, 0.15) is 0 Å². The maximum Gasteiger partial charge on any atom is 0.317 e. The number of urea groups is 1. The van der Waals surface area contributed by atoms with Gasteiger partial charge in [0.2, 0.25) is 0 Å². The zero-order valence-electron chi connectivity index (χ0n) is 13.5. The Morgan fingerprint density at radius 1 is 1.45 bits per heavy atom. The molecule has 5 heteroatoms. The third-order valence-corrected chi connectivity index (χ3v) is 4.44. The Labute approximate surface area is 132 Å². The number of nitrogens with one attached hydrogen (secondary N) is 1. The van der Waals surface area contributed by atoms with E-state index in [2.05, 4.69) is 29.3 Å². The Kier molecular flexibility index (Phi) is 6.07. The second-order valence-electron chi connectivity index (χ2n) is 6.12. The van der Waals surface area contributed by atoms with Crippen molar-refractivity contribution in [1.82, 2.24) is 10.2 Å². The molecule has 0 saturated carbocycles. The molecule has 122 valence electrons. The highest BCUT2D eigenvalue weighted by molar-refractivity contribution is 5.74. The molecule has 1 saturated heterocycles. The smallest absolute Gasteiger partial charge is 0.317 e. The largest absolute Gasteiger partial charge is 0.396 e. The maximum absolute atomic E-state index is 12.2. The minimum absolute atomic E-state index is 0.0218. The molecule has 0 radical (unpaired) electrons. The molecule has 2 rings (SSSR count). The van der Waals surface area contributed by atoms with Crippen molar-refractivity contribution in [1.29, 1.82) is 0 Å². The van der Waals surface area contributed by atoms with Crippen LogP contribution < -0.4 is 10.2 Å². The lowest BCUT2D eigenvalue weighted by molar-refractivity contribution is 0.129. The molecule has 2 unspecified atom stereocenters. The number of anilines is 1. The molecule has 1 fully saturated rings. The van der Waals surface area contributed by atoms with Crippen LogP contribution in [0.3, 0.4) is 0 Å². The van der Waals surface area contributed by atoms with E-state index in [0.29, 0.717) is 13.1 Å². The fourth-order valence-electron chi connectivity index (χ4n) is 2.80. The molecular formula is C17H27N3O2. The van der Waals surface area contributed by atoms with Crippen molar-refractivity contribution in [3.8, 4) is 0 Å². The highest BCUT2D eigenvalue weighted by Gasteiger charge is 2.23. The molecule has 5 nitrogen and oxygen atoms in total. The molecule has 1 aliphatic heterocycles. The number of aliphatic hydroxyl groups excluding tert-OH is 1. The number of para-hydroxylation sites is 1. The number of amides is 2. The molecule has 1 aliphatic rings. The van der Waals surface area contributed by atoms with Gasteiger partial charge in [-0.25, -0.2) is 4.79 Å². The number of nitrogens with zero attached hydrogens (tertiary/aromatic N) is 2. The molecule has 0 aliphatic carbocycles. The number of carbonyl (C=O) groups is 1. The van der Waals surface area contributed by atoms with Crippen LogP contribution in [-0.4, -0.2) is 55.4 Å². The highest BCUT2D eigenvalue weighted by atomic mass is 16.3. The van der Waals surface area contributed by atoms with Crippen LogP contribution in [0, 0.1) is 5.92 Å². The van der Waals surface area contributed by atoms with E-state index in [1.807, 2.05) is 30.1 Å². The molecule has 0 bridgehead atoms. The quantitative estimate of drug-likeness (QED) is 0.874. The Balaban J connectivity index is 1.80. The van der Waals surface area contributed by atoms with Crippen LogP contribution in [-0.2, 0) is 0 Å². The first-order valence-electron chi connectivity index (χ1n) is 8.03. The Morgan fingerprint density at radius 2 is 2.18 bits per heavy atom. The highest BCUT2D eigenvalue weighted by Crippen LogP contribution is 2.16. The van der Waals surface area contributed by atoms with Crippen LogP contribution in [0.15, 0.2) is 30.3 Å². The molecule has 2 atom stereocenters. The van der Waals surface area contributed by atoms with E-state index < -0.39 is 0 Å². The van der Waals surface area contributed by atoms with Gasteiger partial charge < -0.3 is 20.2 Å². The summed E-state index contributed by atoms with van der Waals surface area (Å²) in [7, 11) is 2.04. The summed E-state index contributed by atoms with van der Waals surface area (Å²) in [6, 6.07) is 10.3. The van der Waals surface area contributed by atoms with Crippen LogP contribution in [0.2, 0.25) is 0 Å². The first kappa shape index (κ1) is 16.6. The number of aliphatic hydroxyl groups is 1. The molecule has 2 amide bonds. The number of hydrogen-bond acceptors (Lipinski definition) is 3. The van der Waals surface area contributed by atoms with Crippen LogP contribution >= 0.6 is 0 Å². The van der Waals surface area contributed by atoms with Gasteiger partial charge in [-0.1, -0.05) is 18.2 Å². The minimum Gasteiger partial charge on any atom is -0.396 e. The van der Waals surface area contributed by atoms with Crippen molar-refractivity contribution < 1.29 is 9.90 Å². The lowest BCUT2D eigenvalue weighted by Gasteiger charge is -2.33. The third-order valence-electron chi connectivity index (χ3n) is 4.44. The lowest BCUT2D eigenvalue weighted by atomic mass is 9.99. The van der Waals surface area contributed by atoms with Gasteiger partial charge in [-0.05, 0) is 37.8 Å². The lowest BCUT2D eigenvalue weighted by Crippen LogP contribution is -2.49. The van der Waals surface area contributed by atoms with E-state index in [0.717, 1.165) is 25.1 Å². The number of likely N-dealkylation sites (tertiary alicyclic amines) is 1. The maximum atomic E-state index is 12.2. The van der Waals surface area contributed by atoms with Crippen molar-refractivity contribution in [2.45, 2.75) is 25.8 Å². The van der Waals surface area contributed by atoms with Crippen molar-refractivity contribution in [2.24, 2.45) is 5.92 Å². The van der Waals surface area contributed by atoms with E-state index in [4.69, 9.17) is 0 Å². The van der Waals surface area contributed by atoms with Gasteiger partial charge in [0.25, 0.3) is 0 Å². The van der Waals surface area contributed by atoms with Crippen molar-refractivity contribution in [2.75, 3.05) is 38.2 Å². The van der Waals surface area contributed by atoms with Crippen molar-refractivity contribution >= 4 is 11.7 Å². The average Bonchev–Trinajstić information content (AvgIpc) is 2.59. The monoisotopic (exact) mass is 305 g/mol. The second-order valence-corrected chi connectivity index (χ2v) is 6.12. The van der Waals surface area contributed by atoms with Gasteiger partial charge in [-0.3, -0.25) is 0 Å². The number of hydrogen-bond donors (Lipinski definition) is 2. The fourth-order valence-corrected chi connectivity index (χ4v) is 2.80. The molecule has 2 N–H and O–H groups in total. The summed E-state index contributed by atoms with van der Waals surface area (Å²) < 4.78 is 0. The number of rotatable bonds is 5. The number of likely N-dealkylation sites (N-methyl/N-ethyl adjacent to an activating group) is 1. The zero-order valence-corrected chi connectivity index (χ0v) is 13.5. The average molecular weight is 305 g/mol. The predicted octanol–water partition coefficient (Wildman–Crippen LogP) is 1.93. The van der Waals surface area contributed by atoms with Gasteiger partial charge in [-0.15, -0.1) is 0 Å². The minimum atomic E-state index is -0.0218. The van der Waals surface area contributed by atoms with E-state index in [1.165, 1.54) is 0 Å². The molecule has 1 heterocycles. The molecule has 0 aromatic heterocycles. The van der Waals surface area contributed by atoms with Crippen molar-refractivity contribution in [3.63, 3.8) is 0 Å². The van der Waals surface area contributed by atoms with Crippen LogP contribution in [0.25, 0.3) is 0 Å². The van der Waals surface area contributed by atoms with Gasteiger partial charge in [0, 0.05) is 45.0 Å². The predicted molar refractivity (Wildman–Crippen MR) is 89.1 cm³/mol. The fraction of sp³-hybridized carbons (Fsp3) is 0.588. The number of carbonyl (C=O) groups excluding carboxylic acids is 1. The molecular weight excluding hydrogens is 278 g/mol. The topological polar surface area (TPSA) is 55.8 Å². The summed E-state index contributed by atoms with van der Waals surface area (Å²) >= 11 is 0. The number of benzene rings is 1. The SMILES string of the molecule is CC(CNC(=O)N1CCCC(CO)C1)N(C)c1ccccc1. The molecule has 0 spiro atoms. The first-order valence-corrected chi connectivity index (χ1v) is 8.03. The van der Waals surface area contributed by atoms with Crippen molar-refractivity contribution in [3.05, 3.63) is 30.3 Å². The third kappa shape index (κ3) is 4.37. The second kappa shape index (κ2) is 8.03. The van der Waals surface area contributed by atoms with E-state index in [1.54, 1.807) is 0 Å². The van der Waals surface area contributed by atoms with Crippen LogP contribution in [0.4, 0.5) is 10.5 Å². The zero-order chi connectivity index (χ0) is 15.9. The van der Waals surface area contributed by atoms with E-state index in [-0.39, 0.29) is 24.6 Å². The Morgan fingerprint density at radius 3 is 2.86 bits per heavy atom. The van der Waals surface area contributed by atoms with Gasteiger partial charge >= 0.3 is 6.03 Å². The van der Waals surface area contributed by atoms with E-state index >= 15 is 0 Å². The molecule has 22 heavy (non-hydrogen) atoms. The van der Waals surface area contributed by atoms with Gasteiger partial charge in [0.05, 0.1) is 0 Å². The summed E-state index contributed by atoms with van der Waals surface area (Å²) in [6.07, 6.45) is 1.98. The summed E-state index contributed by atoms with van der Waals surface area (Å²) in [4.78, 5) is 16.2. The Hall–Kier alpha value is -1.75. The van der Waals surface area contributed by atoms with Gasteiger partial charge in [-0.2, -0.15) is 0 Å². The molecule has 1 aromatic carbocycles. The van der Waals surface area contributed by atoms with Gasteiger partial charge in [0.15, 0.2) is 0 Å².